The molecule has 50 heavy (non-hydrogen) atoms. The van der Waals surface area contributed by atoms with Crippen molar-refractivity contribution in [3.63, 3.8) is 0 Å². The molecule has 2 heterocycles. The molecule has 5 rings (SSSR count). The van der Waals surface area contributed by atoms with Crippen LogP contribution in [0.4, 0.5) is 26.6 Å². The van der Waals surface area contributed by atoms with Crippen LogP contribution < -0.4 is 33.9 Å². The van der Waals surface area contributed by atoms with Gasteiger partial charge in [0.05, 0.1) is 27.9 Å². The molecule has 0 aliphatic carbocycles. The minimum Gasteiger partial charge on any atom is -0.497 e. The van der Waals surface area contributed by atoms with Crippen molar-refractivity contribution in [1.29, 1.82) is 0 Å². The largest absolute Gasteiger partial charge is 0.497 e. The maximum Gasteiger partial charge on any atom is 0.421 e. The van der Waals surface area contributed by atoms with Gasteiger partial charge in [-0.25, -0.2) is 14.2 Å². The van der Waals surface area contributed by atoms with E-state index < -0.39 is 11.9 Å². The number of nitrogens with zero attached hydrogens (tertiary/aromatic N) is 5. The van der Waals surface area contributed by atoms with E-state index in [-0.39, 0.29) is 29.8 Å². The summed E-state index contributed by atoms with van der Waals surface area (Å²) in [6.45, 7) is 10.4. The van der Waals surface area contributed by atoms with Crippen LogP contribution in [0.15, 0.2) is 66.9 Å². The fourth-order valence-corrected chi connectivity index (χ4v) is 5.65. The zero-order chi connectivity index (χ0) is 35.5. The van der Waals surface area contributed by atoms with Gasteiger partial charge in [-0.05, 0) is 74.0 Å². The van der Waals surface area contributed by atoms with Gasteiger partial charge in [0.2, 0.25) is 5.95 Å². The molecular formula is C37H45FN6O6. The van der Waals surface area contributed by atoms with E-state index in [2.05, 4.69) is 32.0 Å². The highest BCUT2D eigenvalue weighted by molar-refractivity contribution is 5.88. The Morgan fingerprint density at radius 1 is 0.860 bits per heavy atom. The summed E-state index contributed by atoms with van der Waals surface area (Å²) in [6.07, 6.45) is 1.93. The average molecular weight is 689 g/mol. The number of hydrogen-bond acceptors (Lipinski definition) is 11. The van der Waals surface area contributed by atoms with E-state index in [1.54, 1.807) is 62.8 Å². The predicted octanol–water partition coefficient (Wildman–Crippen LogP) is 6.31. The highest BCUT2D eigenvalue weighted by atomic mass is 19.1. The van der Waals surface area contributed by atoms with E-state index in [0.717, 1.165) is 51.3 Å². The Balaban J connectivity index is 1.31. The molecule has 0 bridgehead atoms. The number of methoxy groups -OCH3 is 3. The molecule has 12 nitrogen and oxygen atoms in total. The first-order valence-electron chi connectivity index (χ1n) is 16.6. The topological polar surface area (TPSA) is 111 Å². The van der Waals surface area contributed by atoms with Crippen molar-refractivity contribution in [2.45, 2.75) is 26.8 Å². The lowest BCUT2D eigenvalue weighted by atomic mass is 10.1. The fourth-order valence-electron chi connectivity index (χ4n) is 5.65. The molecule has 1 aliphatic heterocycles. The van der Waals surface area contributed by atoms with Crippen molar-refractivity contribution < 1.29 is 32.9 Å². The Bertz CT molecular complexity index is 1730. The molecule has 13 heteroatoms. The molecule has 266 valence electrons. The second kappa shape index (κ2) is 17.5. The number of rotatable bonds is 15. The van der Waals surface area contributed by atoms with Crippen molar-refractivity contribution in [1.82, 2.24) is 19.8 Å². The van der Waals surface area contributed by atoms with Gasteiger partial charge in [0.15, 0.2) is 23.1 Å². The summed E-state index contributed by atoms with van der Waals surface area (Å²) < 4.78 is 43.2. The Labute approximate surface area is 292 Å². The molecule has 4 aromatic rings. The monoisotopic (exact) mass is 688 g/mol. The van der Waals surface area contributed by atoms with Gasteiger partial charge in [0, 0.05) is 56.2 Å². The number of piperazine rings is 1. The van der Waals surface area contributed by atoms with Crippen LogP contribution in [0.25, 0.3) is 0 Å². The minimum absolute atomic E-state index is 0.0128. The molecule has 3 aromatic carbocycles. The standard InChI is InChI=1S/C37H45FN6O6/c1-6-15-42-16-18-43(19-17-42)20-21-49-32-11-8-28(24-30(32)38)40-36-39-14-13-35(41-36)44(25-27-23-29(46-3)9-12-31(27)47-4)37(45)50-34-22-26(2)7-10-33(34)48-5/h7-14,22-24H,6,15-21,25H2,1-5H3,(H,39,40,41). The van der Waals surface area contributed by atoms with Crippen LogP contribution in [0.5, 0.6) is 28.7 Å². The van der Waals surface area contributed by atoms with Crippen molar-refractivity contribution >= 4 is 23.5 Å². The van der Waals surface area contributed by atoms with Gasteiger partial charge in [0.25, 0.3) is 0 Å². The first-order valence-corrected chi connectivity index (χ1v) is 16.6. The number of anilines is 3. The number of ether oxygens (including phenoxy) is 5. The summed E-state index contributed by atoms with van der Waals surface area (Å²) in [4.78, 5) is 28.9. The number of aryl methyl sites for hydroxylation is 1. The van der Waals surface area contributed by atoms with Gasteiger partial charge in [-0.2, -0.15) is 4.98 Å². The summed E-state index contributed by atoms with van der Waals surface area (Å²) in [5, 5.41) is 3.03. The summed E-state index contributed by atoms with van der Waals surface area (Å²) in [5.74, 6) is 1.79. The second-order valence-electron chi connectivity index (χ2n) is 11.8. The van der Waals surface area contributed by atoms with E-state index in [1.165, 1.54) is 24.3 Å². The average Bonchev–Trinajstić information content (AvgIpc) is 3.12. The lowest BCUT2D eigenvalue weighted by Gasteiger charge is -2.34. The minimum atomic E-state index is -0.723. The van der Waals surface area contributed by atoms with Crippen LogP contribution in [-0.4, -0.2) is 93.1 Å². The number of aromatic nitrogens is 2. The van der Waals surface area contributed by atoms with Gasteiger partial charge < -0.3 is 33.9 Å². The third-order valence-corrected chi connectivity index (χ3v) is 8.33. The lowest BCUT2D eigenvalue weighted by Crippen LogP contribution is -2.47. The van der Waals surface area contributed by atoms with Crippen LogP contribution in [0, 0.1) is 12.7 Å². The summed E-state index contributed by atoms with van der Waals surface area (Å²) >= 11 is 0. The van der Waals surface area contributed by atoms with Gasteiger partial charge >= 0.3 is 6.09 Å². The molecule has 0 unspecified atom stereocenters. The van der Waals surface area contributed by atoms with Gasteiger partial charge in [-0.15, -0.1) is 0 Å². The van der Waals surface area contributed by atoms with Gasteiger partial charge in [-0.1, -0.05) is 13.0 Å². The number of nitrogens with one attached hydrogen (secondary N) is 1. The summed E-state index contributed by atoms with van der Waals surface area (Å²) in [7, 11) is 4.60. The molecule has 1 fully saturated rings. The molecule has 1 amide bonds. The quantitative estimate of drug-likeness (QED) is 0.152. The smallest absolute Gasteiger partial charge is 0.421 e. The maximum atomic E-state index is 15.1. The molecule has 0 radical (unpaired) electrons. The molecule has 1 aromatic heterocycles. The molecule has 1 N–H and O–H groups in total. The number of hydrogen-bond donors (Lipinski definition) is 1. The highest BCUT2D eigenvalue weighted by Crippen LogP contribution is 2.31. The number of amides is 1. The SMILES string of the molecule is CCCN1CCN(CCOc2ccc(Nc3nccc(N(Cc4cc(OC)ccc4OC)C(=O)Oc4cc(C)ccc4OC)n3)cc2F)CC1. The molecule has 0 atom stereocenters. The van der Waals surface area contributed by atoms with Crippen LogP contribution >= 0.6 is 0 Å². The van der Waals surface area contributed by atoms with Crippen molar-refractivity contribution in [3.05, 3.63) is 83.8 Å². The number of halogens is 1. The van der Waals surface area contributed by atoms with Crippen LogP contribution in [0.3, 0.4) is 0 Å². The van der Waals surface area contributed by atoms with Crippen LogP contribution in [0.2, 0.25) is 0 Å². The Hall–Kier alpha value is -5.14. The van der Waals surface area contributed by atoms with Crippen molar-refractivity contribution in [2.24, 2.45) is 0 Å². The third kappa shape index (κ3) is 9.51. The zero-order valence-electron chi connectivity index (χ0n) is 29.3. The Kier molecular flexibility index (Phi) is 12.6. The van der Waals surface area contributed by atoms with Crippen molar-refractivity contribution in [2.75, 3.05) is 77.4 Å². The van der Waals surface area contributed by atoms with E-state index in [9.17, 15) is 4.79 Å². The third-order valence-electron chi connectivity index (χ3n) is 8.33. The van der Waals surface area contributed by atoms with Gasteiger partial charge in [0.1, 0.15) is 23.9 Å². The molecular weight excluding hydrogens is 643 g/mol. The fraction of sp³-hybridized carbons (Fsp3) is 0.378. The first kappa shape index (κ1) is 36.1. The zero-order valence-corrected chi connectivity index (χ0v) is 29.3. The molecule has 1 aliphatic rings. The summed E-state index contributed by atoms with van der Waals surface area (Å²) in [6, 6.07) is 16.8. The maximum absolute atomic E-state index is 15.1. The first-order chi connectivity index (χ1) is 24.3. The van der Waals surface area contributed by atoms with Crippen molar-refractivity contribution in [3.8, 4) is 28.7 Å². The number of benzene rings is 3. The van der Waals surface area contributed by atoms with E-state index in [1.807, 2.05) is 13.0 Å². The number of carbonyl (C=O) groups excluding carboxylic acids is 1. The predicted molar refractivity (Wildman–Crippen MR) is 190 cm³/mol. The molecule has 0 saturated carbocycles. The second-order valence-corrected chi connectivity index (χ2v) is 11.8. The normalized spacial score (nSPS) is 13.4. The number of carbonyl (C=O) groups is 1. The van der Waals surface area contributed by atoms with Crippen LogP contribution in [0.1, 0.15) is 24.5 Å². The van der Waals surface area contributed by atoms with Gasteiger partial charge in [-0.3, -0.25) is 9.80 Å². The van der Waals surface area contributed by atoms with Crippen LogP contribution in [-0.2, 0) is 6.54 Å². The summed E-state index contributed by atoms with van der Waals surface area (Å²) in [5.41, 5.74) is 1.93. The Morgan fingerprint density at radius 2 is 1.58 bits per heavy atom. The van der Waals surface area contributed by atoms with E-state index in [4.69, 9.17) is 23.7 Å². The lowest BCUT2D eigenvalue weighted by molar-refractivity contribution is 0.116. The molecule has 0 spiro atoms. The highest BCUT2D eigenvalue weighted by Gasteiger charge is 2.24. The van der Waals surface area contributed by atoms with E-state index >= 15 is 4.39 Å². The Morgan fingerprint density at radius 3 is 2.28 bits per heavy atom. The van der Waals surface area contributed by atoms with E-state index in [0.29, 0.717) is 35.1 Å². The molecule has 1 saturated heterocycles.